The normalized spacial score (nSPS) is 13.1. The molecule has 0 saturated heterocycles. The van der Waals surface area contributed by atoms with E-state index in [0.29, 0.717) is 5.56 Å². The summed E-state index contributed by atoms with van der Waals surface area (Å²) in [6.45, 7) is 3.53. The first-order chi connectivity index (χ1) is 10.7. The lowest BCUT2D eigenvalue weighted by Gasteiger charge is -2.23. The van der Waals surface area contributed by atoms with E-state index in [0.717, 1.165) is 14.3 Å². The zero-order valence-electron chi connectivity index (χ0n) is 13.2. The maximum absolute atomic E-state index is 12.6. The molecule has 0 heterocycles. The standard InChI is InChI=1S/C17H18BrNO3S/c1-12-4-6-14(7-5-12)17(20)13(2)19(3)23(21,22)16-10-8-15(18)9-11-16/h4-11,13H,1-3H3. The monoisotopic (exact) mass is 395 g/mol. The van der Waals surface area contributed by atoms with Gasteiger partial charge >= 0.3 is 0 Å². The Labute approximate surface area is 145 Å². The van der Waals surface area contributed by atoms with Crippen LogP contribution in [0.25, 0.3) is 0 Å². The predicted octanol–water partition coefficient (Wildman–Crippen LogP) is 3.65. The van der Waals surface area contributed by atoms with Gasteiger partial charge in [0.2, 0.25) is 10.0 Å². The molecule has 0 fully saturated rings. The lowest BCUT2D eigenvalue weighted by molar-refractivity contribution is 0.0919. The van der Waals surface area contributed by atoms with Gasteiger partial charge in [-0.15, -0.1) is 0 Å². The number of aryl methyl sites for hydroxylation is 1. The molecule has 4 nitrogen and oxygen atoms in total. The molecular formula is C17H18BrNO3S. The third kappa shape index (κ3) is 3.88. The molecule has 0 amide bonds. The average Bonchev–Trinajstić information content (AvgIpc) is 2.54. The van der Waals surface area contributed by atoms with Crippen molar-refractivity contribution in [1.82, 2.24) is 4.31 Å². The Morgan fingerprint density at radius 2 is 1.57 bits per heavy atom. The smallest absolute Gasteiger partial charge is 0.243 e. The molecule has 0 aliphatic carbocycles. The zero-order chi connectivity index (χ0) is 17.2. The SMILES string of the molecule is Cc1ccc(C(=O)C(C)N(C)S(=O)(=O)c2ccc(Br)cc2)cc1. The summed E-state index contributed by atoms with van der Waals surface area (Å²) in [5, 5.41) is 0. The van der Waals surface area contributed by atoms with Gasteiger partial charge in [0, 0.05) is 17.1 Å². The van der Waals surface area contributed by atoms with Crippen LogP contribution in [0, 0.1) is 6.92 Å². The predicted molar refractivity (Wildman–Crippen MR) is 94.1 cm³/mol. The number of likely N-dealkylation sites (N-methyl/N-ethyl adjacent to an activating group) is 1. The van der Waals surface area contributed by atoms with E-state index in [1.54, 1.807) is 31.2 Å². The lowest BCUT2D eigenvalue weighted by Crippen LogP contribution is -2.40. The van der Waals surface area contributed by atoms with Gasteiger partial charge in [-0.1, -0.05) is 45.8 Å². The number of nitrogens with zero attached hydrogens (tertiary/aromatic N) is 1. The largest absolute Gasteiger partial charge is 0.292 e. The highest BCUT2D eigenvalue weighted by Crippen LogP contribution is 2.21. The van der Waals surface area contributed by atoms with Gasteiger partial charge in [-0.05, 0) is 38.1 Å². The van der Waals surface area contributed by atoms with E-state index >= 15 is 0 Å². The topological polar surface area (TPSA) is 54.5 Å². The Bertz CT molecular complexity index is 799. The molecule has 122 valence electrons. The van der Waals surface area contributed by atoms with Gasteiger partial charge in [0.15, 0.2) is 5.78 Å². The molecule has 0 bridgehead atoms. The van der Waals surface area contributed by atoms with Crippen molar-refractivity contribution in [3.63, 3.8) is 0 Å². The summed E-state index contributed by atoms with van der Waals surface area (Å²) in [6, 6.07) is 12.7. The van der Waals surface area contributed by atoms with E-state index in [1.165, 1.54) is 19.2 Å². The van der Waals surface area contributed by atoms with E-state index < -0.39 is 16.1 Å². The first-order valence-electron chi connectivity index (χ1n) is 7.08. The minimum Gasteiger partial charge on any atom is -0.292 e. The van der Waals surface area contributed by atoms with Gasteiger partial charge in [-0.2, -0.15) is 4.31 Å². The first kappa shape index (κ1) is 17.8. The molecule has 1 atom stereocenters. The molecule has 0 saturated carbocycles. The number of ketones is 1. The molecule has 0 spiro atoms. The molecule has 1 unspecified atom stereocenters. The summed E-state index contributed by atoms with van der Waals surface area (Å²) in [5.74, 6) is -0.229. The minimum atomic E-state index is -3.72. The number of hydrogen-bond donors (Lipinski definition) is 0. The molecule has 23 heavy (non-hydrogen) atoms. The molecule has 0 aliphatic heterocycles. The Balaban J connectivity index is 2.27. The third-order valence-electron chi connectivity index (χ3n) is 3.75. The van der Waals surface area contributed by atoms with Crippen molar-refractivity contribution < 1.29 is 13.2 Å². The van der Waals surface area contributed by atoms with Crippen molar-refractivity contribution in [2.45, 2.75) is 24.8 Å². The number of benzene rings is 2. The molecule has 0 radical (unpaired) electrons. The second kappa shape index (κ2) is 6.95. The number of halogens is 1. The summed E-state index contributed by atoms with van der Waals surface area (Å²) in [5.41, 5.74) is 1.55. The van der Waals surface area contributed by atoms with Crippen LogP contribution in [-0.4, -0.2) is 31.6 Å². The van der Waals surface area contributed by atoms with Crippen molar-refractivity contribution in [2.75, 3.05) is 7.05 Å². The highest BCUT2D eigenvalue weighted by Gasteiger charge is 2.30. The molecular weight excluding hydrogens is 378 g/mol. The molecule has 2 rings (SSSR count). The maximum Gasteiger partial charge on any atom is 0.243 e. The van der Waals surface area contributed by atoms with Crippen LogP contribution in [0.5, 0.6) is 0 Å². The summed E-state index contributed by atoms with van der Waals surface area (Å²) in [4.78, 5) is 12.7. The molecule has 0 aliphatic rings. The van der Waals surface area contributed by atoms with Crippen molar-refractivity contribution in [2.24, 2.45) is 0 Å². The fraction of sp³-hybridized carbons (Fsp3) is 0.235. The summed E-state index contributed by atoms with van der Waals surface area (Å²) >= 11 is 3.28. The van der Waals surface area contributed by atoms with Gasteiger partial charge in [0.05, 0.1) is 10.9 Å². The molecule has 2 aromatic rings. The van der Waals surface area contributed by atoms with Crippen LogP contribution in [0.1, 0.15) is 22.8 Å². The van der Waals surface area contributed by atoms with E-state index in [1.807, 2.05) is 19.1 Å². The van der Waals surface area contributed by atoms with Gasteiger partial charge in [-0.25, -0.2) is 8.42 Å². The summed E-state index contributed by atoms with van der Waals surface area (Å²) in [6.07, 6.45) is 0. The Morgan fingerprint density at radius 3 is 2.09 bits per heavy atom. The van der Waals surface area contributed by atoms with Gasteiger partial charge in [-0.3, -0.25) is 4.79 Å². The number of hydrogen-bond acceptors (Lipinski definition) is 3. The third-order valence-corrected chi connectivity index (χ3v) is 6.22. The maximum atomic E-state index is 12.6. The fourth-order valence-corrected chi connectivity index (χ4v) is 3.69. The van der Waals surface area contributed by atoms with E-state index in [2.05, 4.69) is 15.9 Å². The Morgan fingerprint density at radius 1 is 1.04 bits per heavy atom. The molecule has 0 aromatic heterocycles. The molecule has 0 N–H and O–H groups in total. The van der Waals surface area contributed by atoms with Crippen molar-refractivity contribution in [1.29, 1.82) is 0 Å². The number of carbonyl (C=O) groups excluding carboxylic acids is 1. The van der Waals surface area contributed by atoms with Gasteiger partial charge in [0.1, 0.15) is 0 Å². The summed E-state index contributed by atoms with van der Waals surface area (Å²) in [7, 11) is -2.30. The van der Waals surface area contributed by atoms with Crippen LogP contribution in [0.3, 0.4) is 0 Å². The van der Waals surface area contributed by atoms with Crippen LogP contribution in [0.15, 0.2) is 57.9 Å². The summed E-state index contributed by atoms with van der Waals surface area (Å²) < 4.78 is 27.2. The first-order valence-corrected chi connectivity index (χ1v) is 9.31. The quantitative estimate of drug-likeness (QED) is 0.725. The van der Waals surface area contributed by atoms with E-state index in [-0.39, 0.29) is 10.7 Å². The minimum absolute atomic E-state index is 0.159. The molecule has 6 heteroatoms. The number of rotatable bonds is 5. The van der Waals surface area contributed by atoms with Crippen molar-refractivity contribution >= 4 is 31.7 Å². The second-order valence-electron chi connectivity index (χ2n) is 5.38. The Hall–Kier alpha value is -1.50. The number of Topliss-reactive ketones (excluding diaryl/α,β-unsaturated/α-hetero) is 1. The van der Waals surface area contributed by atoms with E-state index in [4.69, 9.17) is 0 Å². The van der Waals surface area contributed by atoms with Crippen LogP contribution < -0.4 is 0 Å². The van der Waals surface area contributed by atoms with Crippen LogP contribution in [0.2, 0.25) is 0 Å². The molecule has 2 aromatic carbocycles. The Kier molecular flexibility index (Phi) is 5.39. The van der Waals surface area contributed by atoms with E-state index in [9.17, 15) is 13.2 Å². The van der Waals surface area contributed by atoms with Gasteiger partial charge < -0.3 is 0 Å². The fourth-order valence-electron chi connectivity index (χ4n) is 2.11. The van der Waals surface area contributed by atoms with Crippen molar-refractivity contribution in [3.8, 4) is 0 Å². The van der Waals surface area contributed by atoms with Gasteiger partial charge in [0.25, 0.3) is 0 Å². The lowest BCUT2D eigenvalue weighted by atomic mass is 10.0. The second-order valence-corrected chi connectivity index (χ2v) is 8.29. The average molecular weight is 396 g/mol. The highest BCUT2D eigenvalue weighted by molar-refractivity contribution is 9.10. The van der Waals surface area contributed by atoms with Crippen LogP contribution >= 0.6 is 15.9 Å². The number of sulfonamides is 1. The number of carbonyl (C=O) groups is 1. The van der Waals surface area contributed by atoms with Crippen molar-refractivity contribution in [3.05, 3.63) is 64.1 Å². The highest BCUT2D eigenvalue weighted by atomic mass is 79.9. The van der Waals surface area contributed by atoms with Crippen LogP contribution in [-0.2, 0) is 10.0 Å². The van der Waals surface area contributed by atoms with Crippen LogP contribution in [0.4, 0.5) is 0 Å². The zero-order valence-corrected chi connectivity index (χ0v) is 15.6.